The van der Waals surface area contributed by atoms with Crippen LogP contribution in [0.4, 0.5) is 24.7 Å². The molecule has 0 saturated carbocycles. The molecule has 1 fully saturated rings. The fraction of sp³-hybridized carbons (Fsp3) is 0.292. The van der Waals surface area contributed by atoms with Crippen LogP contribution >= 0.6 is 11.6 Å². The molecule has 0 unspecified atom stereocenters. The minimum atomic E-state index is -4.50. The predicted molar refractivity (Wildman–Crippen MR) is 123 cm³/mol. The SMILES string of the molecule is O=C(Nc1cccc(OCc2cccnc2)c1)C1CCN(c2ncc(C(F)(F)F)cc2Cl)CC1. The van der Waals surface area contributed by atoms with Gasteiger partial charge in [0.15, 0.2) is 0 Å². The summed E-state index contributed by atoms with van der Waals surface area (Å²) in [4.78, 5) is 22.5. The van der Waals surface area contributed by atoms with E-state index in [0.717, 1.165) is 17.8 Å². The zero-order valence-corrected chi connectivity index (χ0v) is 18.8. The van der Waals surface area contributed by atoms with Gasteiger partial charge in [-0.25, -0.2) is 4.98 Å². The standard InChI is InChI=1S/C24H22ClF3N4O2/c25-21-11-18(24(26,27)28)14-30-22(21)32-9-6-17(7-10-32)23(33)31-19-4-1-5-20(12-19)34-15-16-3-2-8-29-13-16/h1-5,8,11-14,17H,6-7,9-10,15H2,(H,31,33). The Morgan fingerprint density at radius 1 is 1.15 bits per heavy atom. The average molecular weight is 491 g/mol. The van der Waals surface area contributed by atoms with Gasteiger partial charge in [-0.3, -0.25) is 9.78 Å². The molecule has 4 rings (SSSR count). The van der Waals surface area contributed by atoms with Crippen molar-refractivity contribution >= 4 is 29.0 Å². The molecule has 34 heavy (non-hydrogen) atoms. The van der Waals surface area contributed by atoms with Gasteiger partial charge >= 0.3 is 6.18 Å². The minimum absolute atomic E-state index is 0.0548. The van der Waals surface area contributed by atoms with Crippen LogP contribution < -0.4 is 15.0 Å². The van der Waals surface area contributed by atoms with Crippen molar-refractivity contribution < 1.29 is 22.7 Å². The number of anilines is 2. The maximum absolute atomic E-state index is 12.8. The fourth-order valence-corrected chi connectivity index (χ4v) is 4.02. The Balaban J connectivity index is 1.31. The van der Waals surface area contributed by atoms with Gasteiger partial charge in [0.05, 0.1) is 10.6 Å². The lowest BCUT2D eigenvalue weighted by Gasteiger charge is -2.32. The lowest BCUT2D eigenvalue weighted by atomic mass is 9.95. The van der Waals surface area contributed by atoms with E-state index in [9.17, 15) is 18.0 Å². The van der Waals surface area contributed by atoms with Crippen molar-refractivity contribution in [2.24, 2.45) is 5.92 Å². The van der Waals surface area contributed by atoms with E-state index in [-0.39, 0.29) is 16.8 Å². The number of piperidine rings is 1. The van der Waals surface area contributed by atoms with E-state index in [1.165, 1.54) is 0 Å². The first-order chi connectivity index (χ1) is 16.3. The van der Waals surface area contributed by atoms with Crippen LogP contribution in [0.3, 0.4) is 0 Å². The maximum atomic E-state index is 12.8. The van der Waals surface area contributed by atoms with Gasteiger partial charge in [0.25, 0.3) is 0 Å². The largest absolute Gasteiger partial charge is 0.489 e. The van der Waals surface area contributed by atoms with Crippen LogP contribution in [0, 0.1) is 5.92 Å². The summed E-state index contributed by atoms with van der Waals surface area (Å²) in [6.45, 7) is 1.29. The van der Waals surface area contributed by atoms with Crippen LogP contribution in [0.25, 0.3) is 0 Å². The van der Waals surface area contributed by atoms with E-state index in [2.05, 4.69) is 15.3 Å². The van der Waals surface area contributed by atoms with Crippen molar-refractivity contribution in [1.29, 1.82) is 0 Å². The monoisotopic (exact) mass is 490 g/mol. The number of aromatic nitrogens is 2. The number of hydrogen-bond acceptors (Lipinski definition) is 5. The number of carbonyl (C=O) groups is 1. The van der Waals surface area contributed by atoms with Gasteiger partial charge in [-0.2, -0.15) is 13.2 Å². The van der Waals surface area contributed by atoms with Crippen molar-refractivity contribution in [2.75, 3.05) is 23.3 Å². The maximum Gasteiger partial charge on any atom is 0.417 e. The molecule has 2 aromatic heterocycles. The number of benzene rings is 1. The zero-order valence-electron chi connectivity index (χ0n) is 18.1. The summed E-state index contributed by atoms with van der Waals surface area (Å²) in [6, 6.07) is 11.8. The Labute approximate surface area is 199 Å². The molecule has 0 bridgehead atoms. The smallest absolute Gasteiger partial charge is 0.417 e. The first-order valence-corrected chi connectivity index (χ1v) is 11.1. The molecule has 6 nitrogen and oxygen atoms in total. The Kier molecular flexibility index (Phi) is 7.21. The molecule has 0 radical (unpaired) electrons. The molecule has 0 atom stereocenters. The number of halogens is 4. The third-order valence-electron chi connectivity index (χ3n) is 5.54. The zero-order chi connectivity index (χ0) is 24.1. The number of amides is 1. The molecule has 1 N–H and O–H groups in total. The fourth-order valence-electron chi connectivity index (χ4n) is 3.73. The van der Waals surface area contributed by atoms with Crippen LogP contribution in [0.15, 0.2) is 61.1 Å². The second-order valence-electron chi connectivity index (χ2n) is 7.96. The van der Waals surface area contributed by atoms with Crippen molar-refractivity contribution in [3.63, 3.8) is 0 Å². The lowest BCUT2D eigenvalue weighted by Crippen LogP contribution is -2.38. The van der Waals surface area contributed by atoms with Gasteiger partial charge in [-0.1, -0.05) is 23.7 Å². The van der Waals surface area contributed by atoms with E-state index < -0.39 is 11.7 Å². The van der Waals surface area contributed by atoms with Gasteiger partial charge < -0.3 is 15.0 Å². The van der Waals surface area contributed by atoms with Gasteiger partial charge in [0.1, 0.15) is 18.2 Å². The topological polar surface area (TPSA) is 67.3 Å². The van der Waals surface area contributed by atoms with E-state index >= 15 is 0 Å². The van der Waals surface area contributed by atoms with E-state index in [4.69, 9.17) is 16.3 Å². The molecule has 3 heterocycles. The Hall–Kier alpha value is -3.33. The Bertz CT molecular complexity index is 1140. The summed E-state index contributed by atoms with van der Waals surface area (Å²) in [6.07, 6.45) is 0.763. The number of alkyl halides is 3. The summed E-state index contributed by atoms with van der Waals surface area (Å²) in [5.41, 5.74) is 0.678. The van der Waals surface area contributed by atoms with Gasteiger partial charge in [-0.15, -0.1) is 0 Å². The molecule has 178 valence electrons. The third kappa shape index (κ3) is 5.96. The number of nitrogens with one attached hydrogen (secondary N) is 1. The summed E-state index contributed by atoms with van der Waals surface area (Å²) in [7, 11) is 0. The average Bonchev–Trinajstić information content (AvgIpc) is 2.83. The number of ether oxygens (including phenoxy) is 1. The van der Waals surface area contributed by atoms with Crippen LogP contribution in [0.5, 0.6) is 5.75 Å². The normalized spacial score (nSPS) is 14.6. The number of nitrogens with zero attached hydrogens (tertiary/aromatic N) is 3. The summed E-state index contributed by atoms with van der Waals surface area (Å²) >= 11 is 6.06. The van der Waals surface area contributed by atoms with E-state index in [1.807, 2.05) is 18.2 Å². The van der Waals surface area contributed by atoms with Crippen molar-refractivity contribution in [2.45, 2.75) is 25.6 Å². The van der Waals surface area contributed by atoms with Crippen LogP contribution in [0.1, 0.15) is 24.0 Å². The Morgan fingerprint density at radius 2 is 1.94 bits per heavy atom. The molecular formula is C24H22ClF3N4O2. The van der Waals surface area contributed by atoms with Gasteiger partial charge in [-0.05, 0) is 37.1 Å². The predicted octanol–water partition coefficient (Wildman–Crippen LogP) is 5.58. The molecule has 3 aromatic rings. The van der Waals surface area contributed by atoms with Crippen LogP contribution in [0.2, 0.25) is 5.02 Å². The molecule has 0 aliphatic carbocycles. The molecule has 10 heteroatoms. The van der Waals surface area contributed by atoms with Crippen molar-refractivity contribution in [1.82, 2.24) is 9.97 Å². The number of pyridine rings is 2. The quantitative estimate of drug-likeness (QED) is 0.488. The highest BCUT2D eigenvalue weighted by molar-refractivity contribution is 6.33. The number of hydrogen-bond donors (Lipinski definition) is 1. The molecule has 0 spiro atoms. The third-order valence-corrected chi connectivity index (χ3v) is 5.82. The van der Waals surface area contributed by atoms with Crippen LogP contribution in [-0.4, -0.2) is 29.0 Å². The number of carbonyl (C=O) groups excluding carboxylic acids is 1. The molecule has 1 aromatic carbocycles. The minimum Gasteiger partial charge on any atom is -0.489 e. The molecule has 1 amide bonds. The van der Waals surface area contributed by atoms with Crippen molar-refractivity contribution in [3.05, 3.63) is 77.2 Å². The summed E-state index contributed by atoms with van der Waals surface area (Å²) in [5.74, 6) is 0.575. The molecule has 1 aliphatic rings. The highest BCUT2D eigenvalue weighted by Crippen LogP contribution is 2.34. The Morgan fingerprint density at radius 3 is 2.62 bits per heavy atom. The second kappa shape index (κ2) is 10.3. The first kappa shape index (κ1) is 23.8. The second-order valence-corrected chi connectivity index (χ2v) is 8.36. The van der Waals surface area contributed by atoms with Crippen molar-refractivity contribution in [3.8, 4) is 5.75 Å². The van der Waals surface area contributed by atoms with Gasteiger partial charge in [0.2, 0.25) is 5.91 Å². The van der Waals surface area contributed by atoms with Crippen LogP contribution in [-0.2, 0) is 17.6 Å². The molecule has 1 saturated heterocycles. The lowest BCUT2D eigenvalue weighted by molar-refractivity contribution is -0.137. The summed E-state index contributed by atoms with van der Waals surface area (Å²) in [5, 5.41) is 2.87. The first-order valence-electron chi connectivity index (χ1n) is 10.7. The van der Waals surface area contributed by atoms with Gasteiger partial charge in [0, 0.05) is 54.9 Å². The molecular weight excluding hydrogens is 469 g/mol. The van der Waals surface area contributed by atoms with E-state index in [1.54, 1.807) is 35.5 Å². The summed E-state index contributed by atoms with van der Waals surface area (Å²) < 4.78 is 44.3. The highest BCUT2D eigenvalue weighted by atomic mass is 35.5. The van der Waals surface area contributed by atoms with E-state index in [0.29, 0.717) is 49.8 Å². The number of rotatable bonds is 6. The highest BCUT2D eigenvalue weighted by Gasteiger charge is 2.33. The molecule has 1 aliphatic heterocycles.